The van der Waals surface area contributed by atoms with Gasteiger partial charge in [0.25, 0.3) is 0 Å². The Morgan fingerprint density at radius 3 is 2.81 bits per heavy atom. The molecule has 118 valence electrons. The minimum Gasteiger partial charge on any atom is -0.399 e. The number of rotatable bonds is 9. The number of amides is 1. The van der Waals surface area contributed by atoms with E-state index in [1.54, 1.807) is 18.2 Å². The first kappa shape index (κ1) is 17.8. The van der Waals surface area contributed by atoms with E-state index in [-0.39, 0.29) is 12.5 Å². The van der Waals surface area contributed by atoms with Crippen molar-refractivity contribution >= 4 is 28.9 Å². The van der Waals surface area contributed by atoms with E-state index in [0.717, 1.165) is 12.8 Å². The van der Waals surface area contributed by atoms with Gasteiger partial charge in [-0.15, -0.1) is 0 Å². The van der Waals surface area contributed by atoms with Crippen molar-refractivity contribution < 1.29 is 9.53 Å². The molecule has 3 N–H and O–H groups in total. The van der Waals surface area contributed by atoms with Crippen molar-refractivity contribution in [2.75, 3.05) is 24.3 Å². The molecule has 1 rings (SSSR count). The molecule has 21 heavy (non-hydrogen) atoms. The molecule has 1 aromatic carbocycles. The molecule has 0 aromatic heterocycles. The average Bonchev–Trinajstić information content (AvgIpc) is 2.45. The third-order valence-corrected chi connectivity index (χ3v) is 3.71. The summed E-state index contributed by atoms with van der Waals surface area (Å²) < 4.78 is 5.50. The van der Waals surface area contributed by atoms with Crippen LogP contribution >= 0.6 is 11.6 Å². The second-order valence-corrected chi connectivity index (χ2v) is 5.63. The number of hydrogen-bond donors (Lipinski definition) is 2. The smallest absolute Gasteiger partial charge is 0.250 e. The number of carbonyl (C=O) groups excluding carboxylic acids is 1. The molecular weight excluding hydrogens is 288 g/mol. The van der Waals surface area contributed by atoms with E-state index < -0.39 is 0 Å². The van der Waals surface area contributed by atoms with E-state index in [4.69, 9.17) is 22.1 Å². The molecule has 0 heterocycles. The number of ether oxygens (including phenoxy) is 1. The molecule has 0 radical (unpaired) electrons. The van der Waals surface area contributed by atoms with Gasteiger partial charge in [-0.1, -0.05) is 44.7 Å². The van der Waals surface area contributed by atoms with Crippen LogP contribution in [0.5, 0.6) is 0 Å². The minimum absolute atomic E-state index is 0.0450. The molecule has 0 saturated carbocycles. The van der Waals surface area contributed by atoms with Crippen LogP contribution in [0.3, 0.4) is 0 Å². The third-order valence-electron chi connectivity index (χ3n) is 3.40. The number of hydrogen-bond acceptors (Lipinski definition) is 3. The van der Waals surface area contributed by atoms with Gasteiger partial charge in [-0.2, -0.15) is 0 Å². The Morgan fingerprint density at radius 2 is 2.19 bits per heavy atom. The molecular formula is C16H25ClN2O2. The lowest BCUT2D eigenvalue weighted by molar-refractivity contribution is -0.121. The molecule has 0 fully saturated rings. The number of benzene rings is 1. The van der Waals surface area contributed by atoms with Gasteiger partial charge in [0.15, 0.2) is 0 Å². The van der Waals surface area contributed by atoms with Gasteiger partial charge in [-0.3, -0.25) is 4.79 Å². The van der Waals surface area contributed by atoms with Gasteiger partial charge in [0.2, 0.25) is 5.91 Å². The topological polar surface area (TPSA) is 64.3 Å². The molecule has 5 heteroatoms. The molecule has 0 aliphatic carbocycles. The summed E-state index contributed by atoms with van der Waals surface area (Å²) in [4.78, 5) is 11.8. The Labute approximate surface area is 132 Å². The van der Waals surface area contributed by atoms with Crippen molar-refractivity contribution in [2.45, 2.75) is 39.5 Å². The zero-order chi connectivity index (χ0) is 15.7. The first-order valence-corrected chi connectivity index (χ1v) is 7.87. The summed E-state index contributed by atoms with van der Waals surface area (Å²) in [5.74, 6) is 0.324. The van der Waals surface area contributed by atoms with Crippen LogP contribution in [0, 0.1) is 5.92 Å². The third kappa shape index (κ3) is 6.82. The molecule has 0 aliphatic heterocycles. The van der Waals surface area contributed by atoms with Gasteiger partial charge >= 0.3 is 0 Å². The standard InChI is InChI=1S/C16H25ClN2O2/c1-3-5-6-12(4-2)10-21-11-16(20)19-15-8-7-13(18)9-14(15)17/h7-9,12H,3-6,10-11,18H2,1-2H3,(H,19,20). The van der Waals surface area contributed by atoms with Crippen LogP contribution in [0.4, 0.5) is 11.4 Å². The molecule has 4 nitrogen and oxygen atoms in total. The predicted molar refractivity (Wildman–Crippen MR) is 88.6 cm³/mol. The number of halogens is 1. The number of nitrogens with two attached hydrogens (primary N) is 1. The molecule has 1 atom stereocenters. The van der Waals surface area contributed by atoms with E-state index in [1.807, 2.05) is 0 Å². The molecule has 0 saturated heterocycles. The molecule has 1 amide bonds. The zero-order valence-corrected chi connectivity index (χ0v) is 13.6. The highest BCUT2D eigenvalue weighted by Gasteiger charge is 2.09. The van der Waals surface area contributed by atoms with E-state index >= 15 is 0 Å². The fraction of sp³-hybridized carbons (Fsp3) is 0.562. The molecule has 0 spiro atoms. The first-order valence-electron chi connectivity index (χ1n) is 7.49. The summed E-state index contributed by atoms with van der Waals surface area (Å²) in [5.41, 5.74) is 6.72. The second-order valence-electron chi connectivity index (χ2n) is 5.22. The Hall–Kier alpha value is -1.26. The first-order chi connectivity index (χ1) is 10.1. The quantitative estimate of drug-likeness (QED) is 0.675. The number of nitrogens with one attached hydrogen (secondary N) is 1. The monoisotopic (exact) mass is 312 g/mol. The lowest BCUT2D eigenvalue weighted by Gasteiger charge is -2.14. The van der Waals surface area contributed by atoms with Crippen LogP contribution in [-0.4, -0.2) is 19.1 Å². The predicted octanol–water partition coefficient (Wildman–Crippen LogP) is 4.09. The van der Waals surface area contributed by atoms with Crippen molar-refractivity contribution in [3.63, 3.8) is 0 Å². The summed E-state index contributed by atoms with van der Waals surface area (Å²) in [6.07, 6.45) is 4.62. The summed E-state index contributed by atoms with van der Waals surface area (Å²) in [5, 5.41) is 3.15. The van der Waals surface area contributed by atoms with Gasteiger partial charge < -0.3 is 15.8 Å². The highest BCUT2D eigenvalue weighted by Crippen LogP contribution is 2.23. The summed E-state index contributed by atoms with van der Waals surface area (Å²) >= 11 is 6.00. The van der Waals surface area contributed by atoms with Crippen molar-refractivity contribution in [1.29, 1.82) is 0 Å². The van der Waals surface area contributed by atoms with Crippen molar-refractivity contribution in [3.05, 3.63) is 23.2 Å². The van der Waals surface area contributed by atoms with Crippen LogP contribution in [0.2, 0.25) is 5.02 Å². The summed E-state index contributed by atoms with van der Waals surface area (Å²) in [6, 6.07) is 4.99. The number of carbonyl (C=O) groups is 1. The van der Waals surface area contributed by atoms with Crippen molar-refractivity contribution in [1.82, 2.24) is 0 Å². The van der Waals surface area contributed by atoms with Crippen LogP contribution < -0.4 is 11.1 Å². The fourth-order valence-electron chi connectivity index (χ4n) is 2.04. The molecule has 1 unspecified atom stereocenters. The lowest BCUT2D eigenvalue weighted by Crippen LogP contribution is -2.21. The molecule has 1 aromatic rings. The average molecular weight is 313 g/mol. The maximum Gasteiger partial charge on any atom is 0.250 e. The van der Waals surface area contributed by atoms with Gasteiger partial charge in [-0.25, -0.2) is 0 Å². The van der Waals surface area contributed by atoms with Crippen LogP contribution in [-0.2, 0) is 9.53 Å². The Balaban J connectivity index is 2.33. The van der Waals surface area contributed by atoms with E-state index in [1.165, 1.54) is 12.8 Å². The van der Waals surface area contributed by atoms with Gasteiger partial charge in [0.1, 0.15) is 6.61 Å². The lowest BCUT2D eigenvalue weighted by atomic mass is 10.0. The summed E-state index contributed by atoms with van der Waals surface area (Å²) in [6.45, 7) is 5.00. The highest BCUT2D eigenvalue weighted by molar-refractivity contribution is 6.34. The number of anilines is 2. The maximum atomic E-state index is 11.8. The second kappa shape index (κ2) is 9.64. The normalized spacial score (nSPS) is 12.1. The van der Waals surface area contributed by atoms with E-state index in [2.05, 4.69) is 19.2 Å². The van der Waals surface area contributed by atoms with Crippen LogP contribution in [0.1, 0.15) is 39.5 Å². The highest BCUT2D eigenvalue weighted by atomic mass is 35.5. The van der Waals surface area contributed by atoms with Gasteiger partial charge in [0.05, 0.1) is 17.3 Å². The SMILES string of the molecule is CCCCC(CC)COCC(=O)Nc1ccc(N)cc1Cl. The molecule has 0 aliphatic rings. The Morgan fingerprint density at radius 1 is 1.43 bits per heavy atom. The Kier molecular flexibility index (Phi) is 8.16. The fourth-order valence-corrected chi connectivity index (χ4v) is 2.27. The largest absolute Gasteiger partial charge is 0.399 e. The van der Waals surface area contributed by atoms with Crippen molar-refractivity contribution in [2.24, 2.45) is 5.92 Å². The van der Waals surface area contributed by atoms with Crippen LogP contribution in [0.25, 0.3) is 0 Å². The zero-order valence-electron chi connectivity index (χ0n) is 12.8. The number of nitrogen functional groups attached to an aromatic ring is 1. The van der Waals surface area contributed by atoms with E-state index in [9.17, 15) is 4.79 Å². The van der Waals surface area contributed by atoms with Gasteiger partial charge in [0, 0.05) is 5.69 Å². The van der Waals surface area contributed by atoms with Crippen LogP contribution in [0.15, 0.2) is 18.2 Å². The number of unbranched alkanes of at least 4 members (excludes halogenated alkanes) is 1. The van der Waals surface area contributed by atoms with E-state index in [0.29, 0.717) is 28.9 Å². The minimum atomic E-state index is -0.202. The summed E-state index contributed by atoms with van der Waals surface area (Å²) in [7, 11) is 0. The van der Waals surface area contributed by atoms with Crippen molar-refractivity contribution in [3.8, 4) is 0 Å². The maximum absolute atomic E-state index is 11.8. The van der Waals surface area contributed by atoms with Gasteiger partial charge in [-0.05, 0) is 30.5 Å². The Bertz CT molecular complexity index is 452. The molecule has 0 bridgehead atoms.